The van der Waals surface area contributed by atoms with Crippen molar-refractivity contribution < 1.29 is 0 Å². The molecule has 1 aromatic heterocycles. The Labute approximate surface area is 115 Å². The van der Waals surface area contributed by atoms with Crippen LogP contribution in [0.5, 0.6) is 0 Å². The van der Waals surface area contributed by atoms with E-state index in [9.17, 15) is 0 Å². The minimum Gasteiger partial charge on any atom is -0.140 e. The molecule has 2 rings (SSSR count). The molecule has 0 fully saturated rings. The molecule has 0 nitrogen and oxygen atoms in total. The molecule has 96 valence electrons. The summed E-state index contributed by atoms with van der Waals surface area (Å²) in [6.45, 7) is 11.2. The summed E-state index contributed by atoms with van der Waals surface area (Å²) in [4.78, 5) is 2.91. The van der Waals surface area contributed by atoms with E-state index in [2.05, 4.69) is 65.0 Å². The van der Waals surface area contributed by atoms with E-state index in [0.29, 0.717) is 11.8 Å². The molecule has 1 heteroatoms. The van der Waals surface area contributed by atoms with Gasteiger partial charge in [-0.1, -0.05) is 52.0 Å². The minimum absolute atomic E-state index is 0.606. The molecule has 2 aromatic rings. The summed E-state index contributed by atoms with van der Waals surface area (Å²) in [6.07, 6.45) is 0. The standard InChI is InChI=1S/C17H22S/c1-11(2)14-6-8-15(9-7-14)17-13(5)10-16(18-17)12(3)4/h6-12H,1-5H3. The lowest BCUT2D eigenvalue weighted by molar-refractivity contribution is 0.867. The van der Waals surface area contributed by atoms with Gasteiger partial charge in [-0.25, -0.2) is 0 Å². The van der Waals surface area contributed by atoms with Crippen LogP contribution < -0.4 is 0 Å². The third-order valence-electron chi connectivity index (χ3n) is 3.35. The van der Waals surface area contributed by atoms with E-state index in [1.165, 1.54) is 26.4 Å². The number of rotatable bonds is 3. The summed E-state index contributed by atoms with van der Waals surface area (Å²) in [5.74, 6) is 1.23. The first-order chi connectivity index (χ1) is 8.49. The summed E-state index contributed by atoms with van der Waals surface area (Å²) >= 11 is 1.93. The topological polar surface area (TPSA) is 0 Å². The second-order valence-corrected chi connectivity index (χ2v) is 6.68. The van der Waals surface area contributed by atoms with Gasteiger partial charge in [-0.2, -0.15) is 0 Å². The first-order valence-corrected chi connectivity index (χ1v) is 7.51. The van der Waals surface area contributed by atoms with Crippen LogP contribution in [-0.4, -0.2) is 0 Å². The highest BCUT2D eigenvalue weighted by molar-refractivity contribution is 7.15. The smallest absolute Gasteiger partial charge is 0.0374 e. The zero-order valence-corrected chi connectivity index (χ0v) is 12.8. The van der Waals surface area contributed by atoms with Crippen LogP contribution in [0.15, 0.2) is 30.3 Å². The molecule has 0 amide bonds. The molecule has 0 aliphatic carbocycles. The molecule has 0 radical (unpaired) electrons. The van der Waals surface area contributed by atoms with E-state index in [1.807, 2.05) is 11.3 Å². The minimum atomic E-state index is 0.606. The van der Waals surface area contributed by atoms with Gasteiger partial charge >= 0.3 is 0 Å². The zero-order valence-electron chi connectivity index (χ0n) is 11.9. The molecule has 0 unspecified atom stereocenters. The molecule has 0 saturated carbocycles. The van der Waals surface area contributed by atoms with Crippen molar-refractivity contribution in [1.29, 1.82) is 0 Å². The molecule has 0 bridgehead atoms. The lowest BCUT2D eigenvalue weighted by atomic mass is 10.0. The number of hydrogen-bond acceptors (Lipinski definition) is 1. The quantitative estimate of drug-likeness (QED) is 0.636. The predicted octanol–water partition coefficient (Wildman–Crippen LogP) is 5.97. The highest BCUT2D eigenvalue weighted by Crippen LogP contribution is 2.36. The van der Waals surface area contributed by atoms with E-state index in [4.69, 9.17) is 0 Å². The molecule has 0 spiro atoms. The first-order valence-electron chi connectivity index (χ1n) is 6.69. The number of aryl methyl sites for hydroxylation is 1. The number of thiophene rings is 1. The summed E-state index contributed by atoms with van der Waals surface area (Å²) in [5, 5.41) is 0. The Morgan fingerprint density at radius 2 is 1.50 bits per heavy atom. The Bertz CT molecular complexity index is 515. The Kier molecular flexibility index (Phi) is 3.91. The Morgan fingerprint density at radius 1 is 0.889 bits per heavy atom. The van der Waals surface area contributed by atoms with Crippen LogP contribution in [0.4, 0.5) is 0 Å². The Balaban J connectivity index is 2.36. The molecule has 0 saturated heterocycles. The highest BCUT2D eigenvalue weighted by atomic mass is 32.1. The normalized spacial score (nSPS) is 11.5. The van der Waals surface area contributed by atoms with Crippen molar-refractivity contribution in [2.45, 2.75) is 46.5 Å². The molecule has 0 N–H and O–H groups in total. The SMILES string of the molecule is Cc1cc(C(C)C)sc1-c1ccc(C(C)C)cc1. The Hall–Kier alpha value is -1.08. The van der Waals surface area contributed by atoms with Crippen molar-refractivity contribution in [3.05, 3.63) is 46.3 Å². The predicted molar refractivity (Wildman–Crippen MR) is 82.7 cm³/mol. The van der Waals surface area contributed by atoms with Gasteiger partial charge in [0.15, 0.2) is 0 Å². The fraction of sp³-hybridized carbons (Fsp3) is 0.412. The highest BCUT2D eigenvalue weighted by Gasteiger charge is 2.10. The summed E-state index contributed by atoms with van der Waals surface area (Å²) in [6, 6.07) is 11.4. The van der Waals surface area contributed by atoms with Crippen molar-refractivity contribution in [2.75, 3.05) is 0 Å². The fourth-order valence-electron chi connectivity index (χ4n) is 2.10. The van der Waals surface area contributed by atoms with Gasteiger partial charge in [0.05, 0.1) is 0 Å². The number of benzene rings is 1. The average Bonchev–Trinajstić information content (AvgIpc) is 2.71. The fourth-order valence-corrected chi connectivity index (χ4v) is 3.28. The molecule has 0 aliphatic rings. The first kappa shape index (κ1) is 13.4. The third kappa shape index (κ3) is 2.67. The molecule has 1 heterocycles. The van der Waals surface area contributed by atoms with Crippen molar-refractivity contribution in [3.63, 3.8) is 0 Å². The summed E-state index contributed by atoms with van der Waals surface area (Å²) in [5.41, 5.74) is 4.17. The van der Waals surface area contributed by atoms with Crippen LogP contribution in [0, 0.1) is 6.92 Å². The molecule has 18 heavy (non-hydrogen) atoms. The van der Waals surface area contributed by atoms with Crippen LogP contribution in [0.1, 0.15) is 55.5 Å². The van der Waals surface area contributed by atoms with Crippen LogP contribution in [0.25, 0.3) is 10.4 Å². The maximum atomic E-state index is 2.33. The lowest BCUT2D eigenvalue weighted by Crippen LogP contribution is -1.86. The van der Waals surface area contributed by atoms with Crippen LogP contribution in [0.3, 0.4) is 0 Å². The maximum absolute atomic E-state index is 2.33. The second kappa shape index (κ2) is 5.27. The molecular formula is C17H22S. The van der Waals surface area contributed by atoms with E-state index >= 15 is 0 Å². The van der Waals surface area contributed by atoms with Crippen molar-refractivity contribution in [1.82, 2.24) is 0 Å². The van der Waals surface area contributed by atoms with Gasteiger partial charge in [0.1, 0.15) is 0 Å². The monoisotopic (exact) mass is 258 g/mol. The third-order valence-corrected chi connectivity index (χ3v) is 4.93. The van der Waals surface area contributed by atoms with Gasteiger partial charge in [0.2, 0.25) is 0 Å². The molecule has 0 atom stereocenters. The summed E-state index contributed by atoms with van der Waals surface area (Å²) < 4.78 is 0. The zero-order chi connectivity index (χ0) is 13.3. The average molecular weight is 258 g/mol. The van der Waals surface area contributed by atoms with E-state index in [1.54, 1.807) is 0 Å². The van der Waals surface area contributed by atoms with E-state index < -0.39 is 0 Å². The molecule has 0 aliphatic heterocycles. The van der Waals surface area contributed by atoms with Gasteiger partial charge in [0, 0.05) is 9.75 Å². The number of hydrogen-bond donors (Lipinski definition) is 0. The van der Waals surface area contributed by atoms with E-state index in [0.717, 1.165) is 0 Å². The van der Waals surface area contributed by atoms with Crippen LogP contribution >= 0.6 is 11.3 Å². The van der Waals surface area contributed by atoms with Crippen molar-refractivity contribution in [2.24, 2.45) is 0 Å². The van der Waals surface area contributed by atoms with Gasteiger partial charge in [0.25, 0.3) is 0 Å². The Morgan fingerprint density at radius 3 is 1.94 bits per heavy atom. The van der Waals surface area contributed by atoms with Gasteiger partial charge in [-0.15, -0.1) is 11.3 Å². The van der Waals surface area contributed by atoms with Gasteiger partial charge in [-0.3, -0.25) is 0 Å². The van der Waals surface area contributed by atoms with Crippen LogP contribution in [0.2, 0.25) is 0 Å². The van der Waals surface area contributed by atoms with Gasteiger partial charge in [-0.05, 0) is 41.5 Å². The lowest BCUT2D eigenvalue weighted by Gasteiger charge is -2.06. The summed E-state index contributed by atoms with van der Waals surface area (Å²) in [7, 11) is 0. The molecule has 1 aromatic carbocycles. The largest absolute Gasteiger partial charge is 0.140 e. The van der Waals surface area contributed by atoms with Gasteiger partial charge < -0.3 is 0 Å². The van der Waals surface area contributed by atoms with Crippen molar-refractivity contribution in [3.8, 4) is 10.4 Å². The second-order valence-electron chi connectivity index (χ2n) is 5.59. The molecular weight excluding hydrogens is 236 g/mol. The van der Waals surface area contributed by atoms with Crippen molar-refractivity contribution >= 4 is 11.3 Å². The maximum Gasteiger partial charge on any atom is 0.0374 e. The van der Waals surface area contributed by atoms with E-state index in [-0.39, 0.29) is 0 Å². The van der Waals surface area contributed by atoms with Crippen LogP contribution in [-0.2, 0) is 0 Å².